The Morgan fingerprint density at radius 1 is 0.425 bits per heavy atom. The molecular weight excluding hydrogens is 1070 g/mol. The minimum atomic E-state index is -0.356. The summed E-state index contributed by atoms with van der Waals surface area (Å²) in [5.74, 6) is 0. The molecule has 0 N–H and O–H groups in total. The predicted molar refractivity (Wildman–Crippen MR) is 375 cm³/mol. The third-order valence-corrected chi connectivity index (χ3v) is 20.5. The second-order valence-electron chi connectivity index (χ2n) is 29.5. The second kappa shape index (κ2) is 19.2. The van der Waals surface area contributed by atoms with E-state index in [1.165, 1.54) is 98.5 Å². The molecule has 0 amide bonds. The number of fused-ring (bicyclic) bond motifs is 13. The zero-order chi connectivity index (χ0) is 60.4. The monoisotopic (exact) mass is 1150 g/mol. The van der Waals surface area contributed by atoms with Crippen molar-refractivity contribution in [1.82, 2.24) is 0 Å². The Morgan fingerprint density at radius 3 is 1.56 bits per heavy atom. The molecule has 10 aromatic carbocycles. The summed E-state index contributed by atoms with van der Waals surface area (Å²) in [6, 6.07) is 78.9. The van der Waals surface area contributed by atoms with Crippen molar-refractivity contribution in [3.63, 3.8) is 0 Å². The Labute approximate surface area is 518 Å². The fourth-order valence-electron chi connectivity index (χ4n) is 14.3. The Bertz CT molecular complexity index is 4670. The van der Waals surface area contributed by atoms with Gasteiger partial charge in [-0.25, -0.2) is 0 Å². The SMILES string of the molecule is CC(C)(C)c1ccc(N2B3c4sc5ccc(-c6ccccc6)cc5c4N(c4ccc(C(C)(C)C)cc4)c4c3c(cc3c4oc4ccccc43)-c3cc4c(cc32)C(C)(C)c2cc(N(c3ccc(C(C)(C)C)cc3)c3ccc(C(C)(C)C)cc3)ccc2-4)cc1. The highest BCUT2D eigenvalue weighted by Gasteiger charge is 2.50. The molecule has 0 radical (unpaired) electrons. The smallest absolute Gasteiger partial charge is 0.343 e. The highest BCUT2D eigenvalue weighted by atomic mass is 32.1. The molecule has 2 aromatic heterocycles. The summed E-state index contributed by atoms with van der Waals surface area (Å²) >= 11 is 1.94. The molecule has 0 saturated heterocycles. The molecular formula is C81H76BN3OS. The van der Waals surface area contributed by atoms with Gasteiger partial charge in [0.2, 0.25) is 0 Å². The molecule has 0 atom stereocenters. The van der Waals surface area contributed by atoms with Gasteiger partial charge in [-0.3, -0.25) is 0 Å². The maximum atomic E-state index is 7.35. The molecule has 4 heterocycles. The minimum absolute atomic E-state index is 0.0217. The molecule has 87 heavy (non-hydrogen) atoms. The van der Waals surface area contributed by atoms with E-state index in [9.17, 15) is 0 Å². The Morgan fingerprint density at radius 2 is 0.966 bits per heavy atom. The number of anilines is 8. The molecule has 0 unspecified atom stereocenters. The van der Waals surface area contributed by atoms with E-state index in [0.29, 0.717) is 0 Å². The van der Waals surface area contributed by atoms with Crippen LogP contribution in [0.15, 0.2) is 211 Å². The average Bonchev–Trinajstić information content (AvgIpc) is 1.65. The van der Waals surface area contributed by atoms with E-state index in [-0.39, 0.29) is 33.9 Å². The largest absolute Gasteiger partial charge is 0.454 e. The van der Waals surface area contributed by atoms with Crippen molar-refractivity contribution in [2.24, 2.45) is 0 Å². The van der Waals surface area contributed by atoms with Crippen molar-refractivity contribution in [1.29, 1.82) is 0 Å². The quantitative estimate of drug-likeness (QED) is 0.155. The molecule has 15 rings (SSSR count). The first kappa shape index (κ1) is 55.0. The minimum Gasteiger partial charge on any atom is -0.454 e. The number of hydrogen-bond acceptors (Lipinski definition) is 5. The fraction of sp³-hybridized carbons (Fsp3) is 0.235. The van der Waals surface area contributed by atoms with Gasteiger partial charge in [0.25, 0.3) is 0 Å². The van der Waals surface area contributed by atoms with Crippen LogP contribution in [0.1, 0.15) is 130 Å². The van der Waals surface area contributed by atoms with Gasteiger partial charge in [-0.1, -0.05) is 206 Å². The van der Waals surface area contributed by atoms with E-state index < -0.39 is 0 Å². The summed E-state index contributed by atoms with van der Waals surface area (Å²) in [6.07, 6.45) is 0. The maximum Gasteiger partial charge on any atom is 0.343 e. The Hall–Kier alpha value is -8.58. The van der Waals surface area contributed by atoms with Crippen LogP contribution in [0.3, 0.4) is 0 Å². The number of hydrogen-bond donors (Lipinski definition) is 0. The van der Waals surface area contributed by atoms with Crippen LogP contribution < -0.4 is 24.9 Å². The fourth-order valence-corrected chi connectivity index (χ4v) is 15.6. The van der Waals surface area contributed by atoms with E-state index in [1.807, 2.05) is 11.3 Å². The van der Waals surface area contributed by atoms with Gasteiger partial charge in [0.05, 0.1) is 11.4 Å². The van der Waals surface area contributed by atoms with Crippen LogP contribution in [0.5, 0.6) is 0 Å². The molecule has 430 valence electrons. The van der Waals surface area contributed by atoms with Gasteiger partial charge in [0.15, 0.2) is 5.58 Å². The van der Waals surface area contributed by atoms with Crippen LogP contribution >= 0.6 is 11.3 Å². The summed E-state index contributed by atoms with van der Waals surface area (Å²) in [6.45, 7) is 32.3. The van der Waals surface area contributed by atoms with Crippen molar-refractivity contribution in [3.05, 3.63) is 240 Å². The van der Waals surface area contributed by atoms with Crippen LogP contribution in [0, 0.1) is 0 Å². The molecule has 0 saturated carbocycles. The van der Waals surface area contributed by atoms with Crippen molar-refractivity contribution in [3.8, 4) is 33.4 Å². The number of para-hydroxylation sites is 1. The maximum absolute atomic E-state index is 7.35. The topological polar surface area (TPSA) is 22.9 Å². The van der Waals surface area contributed by atoms with Crippen molar-refractivity contribution < 1.29 is 4.42 Å². The van der Waals surface area contributed by atoms with Gasteiger partial charge < -0.3 is 19.0 Å². The van der Waals surface area contributed by atoms with Crippen molar-refractivity contribution in [2.45, 2.75) is 124 Å². The zero-order valence-electron chi connectivity index (χ0n) is 52.9. The summed E-state index contributed by atoms with van der Waals surface area (Å²) in [4.78, 5) is 7.76. The van der Waals surface area contributed by atoms with Crippen LogP contribution in [0.4, 0.5) is 45.5 Å². The summed E-state index contributed by atoms with van der Waals surface area (Å²) in [7, 11) is 0. The molecule has 0 spiro atoms. The van der Waals surface area contributed by atoms with Crippen LogP contribution in [-0.4, -0.2) is 6.85 Å². The average molecular weight is 1150 g/mol. The summed E-state index contributed by atoms with van der Waals surface area (Å²) in [5, 5.41) is 3.47. The van der Waals surface area contributed by atoms with Crippen LogP contribution in [0.25, 0.3) is 65.4 Å². The third-order valence-electron chi connectivity index (χ3n) is 19.3. The number of benzene rings is 10. The number of rotatable bonds is 6. The molecule has 2 aliphatic heterocycles. The standard InChI is InChI=1S/C81H76BN3OS/c1-77(2,3)51-25-33-55(34-26-51)83(56-35-27-52(28-36-56)78(4,5)6)59-41-42-60-62-46-63-64-47-65-61-22-18-19-23-70(61)86-75(65)74-72(64)82(85(58-39-31-54(32-40-58)80(10,11)12)69(63)48-68(62)81(13,14)67(60)45-59)76-73(84(74)57-37-29-53(30-38-57)79(7,8)9)66-44-50(24-43-71(66)87-76)49-20-16-15-17-21-49/h15-48H,1-14H3. The molecule has 6 heteroatoms. The molecule has 0 bridgehead atoms. The molecule has 0 fully saturated rings. The van der Waals surface area contributed by atoms with E-state index in [4.69, 9.17) is 4.42 Å². The highest BCUT2D eigenvalue weighted by Crippen LogP contribution is 2.58. The van der Waals surface area contributed by atoms with E-state index >= 15 is 0 Å². The van der Waals surface area contributed by atoms with E-state index in [1.54, 1.807) is 0 Å². The van der Waals surface area contributed by atoms with Gasteiger partial charge in [0.1, 0.15) is 5.58 Å². The Kier molecular flexibility index (Phi) is 12.2. The Balaban J connectivity index is 1.01. The molecule has 4 nitrogen and oxygen atoms in total. The van der Waals surface area contributed by atoms with Gasteiger partial charge in [0, 0.05) is 70.7 Å². The van der Waals surface area contributed by atoms with Gasteiger partial charge >= 0.3 is 6.85 Å². The van der Waals surface area contributed by atoms with E-state index in [0.717, 1.165) is 56.1 Å². The van der Waals surface area contributed by atoms with Crippen LogP contribution in [-0.2, 0) is 27.1 Å². The lowest BCUT2D eigenvalue weighted by molar-refractivity contribution is 0.590. The number of thiophene rings is 1. The first-order valence-electron chi connectivity index (χ1n) is 31.2. The lowest BCUT2D eigenvalue weighted by atomic mass is 9.46. The zero-order valence-corrected chi connectivity index (χ0v) is 53.7. The van der Waals surface area contributed by atoms with Crippen LogP contribution in [0.2, 0.25) is 0 Å². The highest BCUT2D eigenvalue weighted by molar-refractivity contribution is 7.32. The molecule has 1 aliphatic carbocycles. The summed E-state index contributed by atoms with van der Waals surface area (Å²) in [5.41, 5.74) is 27.3. The van der Waals surface area contributed by atoms with Crippen molar-refractivity contribution in [2.75, 3.05) is 14.6 Å². The first-order valence-corrected chi connectivity index (χ1v) is 32.0. The first-order chi connectivity index (χ1) is 41.4. The normalized spacial score (nSPS) is 14.3. The second-order valence-corrected chi connectivity index (χ2v) is 30.5. The third kappa shape index (κ3) is 8.75. The predicted octanol–water partition coefficient (Wildman–Crippen LogP) is 22.1. The van der Waals surface area contributed by atoms with E-state index in [2.05, 4.69) is 318 Å². The van der Waals surface area contributed by atoms with Gasteiger partial charge in [-0.15, -0.1) is 11.3 Å². The molecule has 3 aliphatic rings. The number of furan rings is 1. The molecule has 12 aromatic rings. The van der Waals surface area contributed by atoms with Gasteiger partial charge in [-0.05, 0) is 185 Å². The van der Waals surface area contributed by atoms with Crippen molar-refractivity contribution >= 4 is 106 Å². The number of nitrogens with zero attached hydrogens (tertiary/aromatic N) is 3. The summed E-state index contributed by atoms with van der Waals surface area (Å²) < 4.78 is 9.92. The lowest BCUT2D eigenvalue weighted by Gasteiger charge is -2.45. The van der Waals surface area contributed by atoms with Gasteiger partial charge in [-0.2, -0.15) is 0 Å². The lowest BCUT2D eigenvalue weighted by Crippen LogP contribution is -2.60.